The highest BCUT2D eigenvalue weighted by Gasteiger charge is 2.45. The molecule has 1 spiro atoms. The molecule has 0 saturated heterocycles. The van der Waals surface area contributed by atoms with Crippen LogP contribution in [0.3, 0.4) is 0 Å². The minimum atomic E-state index is -3.34. The van der Waals surface area contributed by atoms with Crippen molar-refractivity contribution in [2.24, 2.45) is 0 Å². The van der Waals surface area contributed by atoms with Crippen LogP contribution in [0.5, 0.6) is 5.75 Å². The molecule has 1 N–H and O–H groups in total. The van der Waals surface area contributed by atoms with Crippen molar-refractivity contribution in [3.8, 4) is 16.9 Å². The lowest BCUT2D eigenvalue weighted by Crippen LogP contribution is -2.35. The van der Waals surface area contributed by atoms with Crippen molar-refractivity contribution in [1.29, 1.82) is 0 Å². The fourth-order valence-electron chi connectivity index (χ4n) is 4.87. The number of sulfonamides is 1. The van der Waals surface area contributed by atoms with Crippen LogP contribution in [-0.2, 0) is 28.5 Å². The summed E-state index contributed by atoms with van der Waals surface area (Å²) in [6.07, 6.45) is 5.15. The van der Waals surface area contributed by atoms with Crippen LogP contribution < -0.4 is 9.46 Å². The molecule has 5 rings (SSSR count). The summed E-state index contributed by atoms with van der Waals surface area (Å²) in [5.74, 6) is 0.564. The number of halogens is 2. The van der Waals surface area contributed by atoms with Crippen molar-refractivity contribution in [2.75, 3.05) is 6.26 Å². The molecule has 0 amide bonds. The topological polar surface area (TPSA) is 81.4 Å². The number of hydrogen-bond donors (Lipinski definition) is 1. The monoisotopic (exact) mass is 476 g/mol. The van der Waals surface area contributed by atoms with Gasteiger partial charge in [-0.3, -0.25) is 0 Å². The zero-order chi connectivity index (χ0) is 22.5. The van der Waals surface area contributed by atoms with Crippen molar-refractivity contribution in [2.45, 2.75) is 43.7 Å². The standard InChI is InChI=1S/C23H22ClFN2O4S/c1-32(28,29)27-15-7-8-23(11-15)10-14-5-6-20(25)18(9-14)17-3-2-4-19(24)21(17)30-12-16-13-31-22(23)26-16/h2-6,9,13,15,27H,7-8,10-12H2,1H3/t15-,23+/m0/s1. The van der Waals surface area contributed by atoms with Gasteiger partial charge < -0.3 is 9.15 Å². The number of ether oxygens (including phenoxy) is 1. The average molecular weight is 477 g/mol. The van der Waals surface area contributed by atoms with Crippen molar-refractivity contribution in [1.82, 2.24) is 9.71 Å². The normalized spacial score (nSPS) is 22.7. The Morgan fingerprint density at radius 2 is 2.09 bits per heavy atom. The first-order chi connectivity index (χ1) is 15.2. The lowest BCUT2D eigenvalue weighted by Gasteiger charge is -2.27. The molecule has 32 heavy (non-hydrogen) atoms. The van der Waals surface area contributed by atoms with Crippen LogP contribution in [0.1, 0.15) is 36.4 Å². The van der Waals surface area contributed by atoms with E-state index in [0.29, 0.717) is 59.2 Å². The van der Waals surface area contributed by atoms with Gasteiger partial charge in [-0.25, -0.2) is 22.5 Å². The molecule has 1 saturated carbocycles. The highest BCUT2D eigenvalue weighted by molar-refractivity contribution is 7.88. The predicted molar refractivity (Wildman–Crippen MR) is 119 cm³/mol. The molecule has 2 aromatic carbocycles. The van der Waals surface area contributed by atoms with Gasteiger partial charge in [-0.05, 0) is 49.4 Å². The first-order valence-corrected chi connectivity index (χ1v) is 12.6. The molecule has 0 radical (unpaired) electrons. The minimum Gasteiger partial charge on any atom is -0.485 e. The lowest BCUT2D eigenvalue weighted by molar-refractivity contribution is 0.302. The van der Waals surface area contributed by atoms with Gasteiger partial charge in [0.25, 0.3) is 0 Å². The highest BCUT2D eigenvalue weighted by Crippen LogP contribution is 2.45. The second-order valence-electron chi connectivity index (χ2n) is 8.65. The number of hydrogen-bond acceptors (Lipinski definition) is 5. The van der Waals surface area contributed by atoms with Crippen LogP contribution in [0.25, 0.3) is 11.1 Å². The Labute approximate surface area is 190 Å². The van der Waals surface area contributed by atoms with Crippen LogP contribution in [-0.4, -0.2) is 25.7 Å². The third-order valence-electron chi connectivity index (χ3n) is 6.19. The molecule has 3 aromatic rings. The van der Waals surface area contributed by atoms with Gasteiger partial charge in [-0.2, -0.15) is 0 Å². The van der Waals surface area contributed by atoms with Gasteiger partial charge in [0.2, 0.25) is 15.9 Å². The Morgan fingerprint density at radius 1 is 1.25 bits per heavy atom. The molecule has 1 aromatic heterocycles. The maximum absolute atomic E-state index is 14.9. The molecule has 9 heteroatoms. The Morgan fingerprint density at radius 3 is 2.91 bits per heavy atom. The maximum atomic E-state index is 14.9. The summed E-state index contributed by atoms with van der Waals surface area (Å²) in [4.78, 5) is 4.68. The third kappa shape index (κ3) is 4.02. The summed E-state index contributed by atoms with van der Waals surface area (Å²) in [6, 6.07) is 10.0. The number of nitrogens with one attached hydrogen (secondary N) is 1. The zero-order valence-corrected chi connectivity index (χ0v) is 19.0. The molecule has 1 aliphatic heterocycles. The van der Waals surface area contributed by atoms with E-state index in [1.165, 1.54) is 6.07 Å². The van der Waals surface area contributed by atoms with E-state index in [4.69, 9.17) is 20.8 Å². The van der Waals surface area contributed by atoms with Crippen LogP contribution in [0.2, 0.25) is 5.02 Å². The number of oxazole rings is 1. The maximum Gasteiger partial charge on any atom is 0.208 e. The van der Waals surface area contributed by atoms with Gasteiger partial charge in [0.15, 0.2) is 0 Å². The van der Waals surface area contributed by atoms with E-state index in [1.807, 2.05) is 0 Å². The average Bonchev–Trinajstić information content (AvgIpc) is 3.35. The summed E-state index contributed by atoms with van der Waals surface area (Å²) in [6.45, 7) is 0.114. The lowest BCUT2D eigenvalue weighted by atomic mass is 9.79. The fourth-order valence-corrected chi connectivity index (χ4v) is 5.91. The number of benzene rings is 2. The van der Waals surface area contributed by atoms with Crippen LogP contribution in [0, 0.1) is 5.82 Å². The van der Waals surface area contributed by atoms with E-state index in [2.05, 4.69) is 9.71 Å². The van der Waals surface area contributed by atoms with E-state index in [9.17, 15) is 12.8 Å². The Hall–Kier alpha value is -2.42. The molecular formula is C23H22ClFN2O4S. The molecule has 2 heterocycles. The first kappa shape index (κ1) is 21.4. The summed E-state index contributed by atoms with van der Waals surface area (Å²) in [5.41, 5.74) is 1.95. The number of rotatable bonds is 2. The van der Waals surface area contributed by atoms with Crippen molar-refractivity contribution in [3.05, 3.63) is 70.6 Å². The summed E-state index contributed by atoms with van der Waals surface area (Å²) >= 11 is 6.38. The summed E-state index contributed by atoms with van der Waals surface area (Å²) < 4.78 is 53.0. The molecule has 1 aliphatic carbocycles. The van der Waals surface area contributed by atoms with Gasteiger partial charge in [-0.1, -0.05) is 29.8 Å². The highest BCUT2D eigenvalue weighted by atomic mass is 35.5. The van der Waals surface area contributed by atoms with E-state index < -0.39 is 15.4 Å². The smallest absolute Gasteiger partial charge is 0.208 e. The third-order valence-corrected chi connectivity index (χ3v) is 7.25. The molecular weight excluding hydrogens is 455 g/mol. The quantitative estimate of drug-likeness (QED) is 0.584. The van der Waals surface area contributed by atoms with Crippen molar-refractivity contribution in [3.63, 3.8) is 0 Å². The molecule has 6 nitrogen and oxygen atoms in total. The SMILES string of the molecule is CS(=O)(=O)N[C@H]1CC[C@@]2(Cc3ccc(F)c(c3)-c3cccc(Cl)c3OCc3coc2n3)C1. The first-order valence-electron chi connectivity index (χ1n) is 10.3. The van der Waals surface area contributed by atoms with E-state index >= 15 is 0 Å². The molecule has 168 valence electrons. The Balaban J connectivity index is 1.62. The molecule has 1 fully saturated rings. The molecule has 4 bridgehead atoms. The Bertz CT molecular complexity index is 1290. The largest absolute Gasteiger partial charge is 0.485 e. The van der Waals surface area contributed by atoms with E-state index in [1.54, 1.807) is 36.6 Å². The van der Waals surface area contributed by atoms with Gasteiger partial charge in [0.05, 0.1) is 16.7 Å². The number of aromatic nitrogens is 1. The number of fused-ring (bicyclic) bond motifs is 7. The van der Waals surface area contributed by atoms with Crippen molar-refractivity contribution < 1.29 is 22.0 Å². The second kappa shape index (κ2) is 7.86. The van der Waals surface area contributed by atoms with Crippen LogP contribution >= 0.6 is 11.6 Å². The minimum absolute atomic E-state index is 0.114. The molecule has 2 atom stereocenters. The van der Waals surface area contributed by atoms with Gasteiger partial charge in [0, 0.05) is 17.2 Å². The van der Waals surface area contributed by atoms with Crippen LogP contribution in [0.4, 0.5) is 4.39 Å². The fraction of sp³-hybridized carbons (Fsp3) is 0.348. The second-order valence-corrected chi connectivity index (χ2v) is 10.8. The van der Waals surface area contributed by atoms with E-state index in [-0.39, 0.29) is 18.5 Å². The molecule has 0 unspecified atom stereocenters. The summed E-state index contributed by atoms with van der Waals surface area (Å²) in [5, 5.41) is 0.384. The van der Waals surface area contributed by atoms with Gasteiger partial charge in [0.1, 0.15) is 30.1 Å². The number of nitrogens with zero attached hydrogens (tertiary/aromatic N) is 1. The predicted octanol–water partition coefficient (Wildman–Crippen LogP) is 4.61. The zero-order valence-electron chi connectivity index (χ0n) is 17.4. The Kier molecular flexibility index (Phi) is 5.27. The van der Waals surface area contributed by atoms with Crippen molar-refractivity contribution >= 4 is 21.6 Å². The molecule has 2 aliphatic rings. The van der Waals surface area contributed by atoms with Gasteiger partial charge >= 0.3 is 0 Å². The van der Waals surface area contributed by atoms with E-state index in [0.717, 1.165) is 11.8 Å². The van der Waals surface area contributed by atoms with Crippen LogP contribution in [0.15, 0.2) is 47.1 Å². The summed E-state index contributed by atoms with van der Waals surface area (Å²) in [7, 11) is -3.34. The number of para-hydroxylation sites is 1. The van der Waals surface area contributed by atoms with Gasteiger partial charge in [-0.15, -0.1) is 0 Å².